The molecule has 1 aliphatic carbocycles. The van der Waals surface area contributed by atoms with Gasteiger partial charge in [0.2, 0.25) is 11.8 Å². The summed E-state index contributed by atoms with van der Waals surface area (Å²) >= 11 is 0. The normalized spacial score (nSPS) is 25.3. The summed E-state index contributed by atoms with van der Waals surface area (Å²) in [4.78, 5) is 49.5. The van der Waals surface area contributed by atoms with Gasteiger partial charge in [-0.1, -0.05) is 0 Å². The van der Waals surface area contributed by atoms with Crippen LogP contribution in [0.2, 0.25) is 0 Å². The monoisotopic (exact) mass is 425 g/mol. The molecule has 3 N–H and O–H groups in total. The third kappa shape index (κ3) is 6.88. The topological polar surface area (TPSA) is 125 Å². The summed E-state index contributed by atoms with van der Waals surface area (Å²) < 4.78 is 5.41. The quantitative estimate of drug-likeness (QED) is 0.597. The molecule has 0 spiro atoms. The minimum atomic E-state index is -1.05. The number of carbonyl (C=O) groups is 4. The predicted octanol–water partition coefficient (Wildman–Crippen LogP) is 1.90. The zero-order chi connectivity index (χ0) is 22.5. The minimum Gasteiger partial charge on any atom is -0.480 e. The number of likely N-dealkylation sites (tertiary alicyclic amines) is 1. The van der Waals surface area contributed by atoms with E-state index in [2.05, 4.69) is 10.6 Å². The van der Waals surface area contributed by atoms with Crippen molar-refractivity contribution < 1.29 is 29.0 Å². The van der Waals surface area contributed by atoms with Crippen LogP contribution in [0, 0.1) is 11.8 Å². The van der Waals surface area contributed by atoms with E-state index >= 15 is 0 Å². The van der Waals surface area contributed by atoms with Crippen molar-refractivity contribution >= 4 is 23.9 Å². The van der Waals surface area contributed by atoms with Gasteiger partial charge in [0.05, 0.1) is 0 Å². The van der Waals surface area contributed by atoms with Crippen LogP contribution in [0.1, 0.15) is 66.2 Å². The number of nitrogens with zero attached hydrogens (tertiary/aromatic N) is 1. The van der Waals surface area contributed by atoms with Crippen LogP contribution < -0.4 is 10.6 Å². The molecule has 170 valence electrons. The third-order valence-corrected chi connectivity index (χ3v) is 5.70. The van der Waals surface area contributed by atoms with Gasteiger partial charge in [-0.05, 0) is 72.1 Å². The van der Waals surface area contributed by atoms with E-state index in [1.165, 1.54) is 11.8 Å². The first-order valence-corrected chi connectivity index (χ1v) is 10.8. The van der Waals surface area contributed by atoms with Crippen LogP contribution in [-0.4, -0.2) is 64.7 Å². The molecule has 0 aromatic heterocycles. The minimum absolute atomic E-state index is 0.159. The molecule has 2 aliphatic rings. The first kappa shape index (κ1) is 24.0. The summed E-state index contributed by atoms with van der Waals surface area (Å²) in [5.41, 5.74) is -0.603. The number of hydrogen-bond acceptors (Lipinski definition) is 5. The Morgan fingerprint density at radius 2 is 1.70 bits per heavy atom. The van der Waals surface area contributed by atoms with Gasteiger partial charge in [0.25, 0.3) is 0 Å². The van der Waals surface area contributed by atoms with Crippen molar-refractivity contribution in [1.82, 2.24) is 15.5 Å². The van der Waals surface area contributed by atoms with Crippen molar-refractivity contribution in [3.05, 3.63) is 0 Å². The summed E-state index contributed by atoms with van der Waals surface area (Å²) in [6.45, 7) is 7.88. The standard InChI is InChI=1S/C21H35N3O6/c1-13(19(27)28)23-17(25)15-9-7-14(8-10-15)12-22-18(26)16-6-5-11-24(16)20(29)30-21(2,3)4/h13-16H,5-12H2,1-4H3,(H,22,26)(H,23,25)(H,27,28)/t13-,14?,15?,16-/m0/s1. The molecule has 0 unspecified atom stereocenters. The molecule has 9 nitrogen and oxygen atoms in total. The highest BCUT2D eigenvalue weighted by Crippen LogP contribution is 2.29. The average molecular weight is 426 g/mol. The Morgan fingerprint density at radius 3 is 2.27 bits per heavy atom. The van der Waals surface area contributed by atoms with E-state index in [1.54, 1.807) is 20.8 Å². The Labute approximate surface area is 177 Å². The fraction of sp³-hybridized carbons (Fsp3) is 0.810. The van der Waals surface area contributed by atoms with Gasteiger partial charge in [-0.2, -0.15) is 0 Å². The zero-order valence-electron chi connectivity index (χ0n) is 18.4. The van der Waals surface area contributed by atoms with Gasteiger partial charge in [0.1, 0.15) is 17.7 Å². The van der Waals surface area contributed by atoms with Gasteiger partial charge in [-0.15, -0.1) is 0 Å². The van der Waals surface area contributed by atoms with Crippen molar-refractivity contribution in [1.29, 1.82) is 0 Å². The van der Waals surface area contributed by atoms with Gasteiger partial charge in [0, 0.05) is 19.0 Å². The maximum absolute atomic E-state index is 12.6. The number of ether oxygens (including phenoxy) is 1. The van der Waals surface area contributed by atoms with Crippen LogP contribution in [0.5, 0.6) is 0 Å². The van der Waals surface area contributed by atoms with Crippen LogP contribution in [0.15, 0.2) is 0 Å². The van der Waals surface area contributed by atoms with Crippen molar-refractivity contribution in [2.75, 3.05) is 13.1 Å². The van der Waals surface area contributed by atoms with Crippen molar-refractivity contribution in [2.24, 2.45) is 11.8 Å². The highest BCUT2D eigenvalue weighted by atomic mass is 16.6. The van der Waals surface area contributed by atoms with E-state index in [9.17, 15) is 19.2 Å². The van der Waals surface area contributed by atoms with Gasteiger partial charge in [-0.3, -0.25) is 19.3 Å². The Bertz CT molecular complexity index is 652. The smallest absolute Gasteiger partial charge is 0.410 e. The summed E-state index contributed by atoms with van der Waals surface area (Å²) in [6, 6.07) is -1.40. The largest absolute Gasteiger partial charge is 0.480 e. The first-order chi connectivity index (χ1) is 14.0. The molecule has 0 aromatic rings. The molecule has 1 saturated heterocycles. The summed E-state index contributed by atoms with van der Waals surface area (Å²) in [7, 11) is 0. The van der Waals surface area contributed by atoms with Crippen molar-refractivity contribution in [3.63, 3.8) is 0 Å². The highest BCUT2D eigenvalue weighted by molar-refractivity contribution is 5.86. The van der Waals surface area contributed by atoms with Crippen LogP contribution >= 0.6 is 0 Å². The lowest BCUT2D eigenvalue weighted by atomic mass is 9.81. The van der Waals surface area contributed by atoms with E-state index in [1.807, 2.05) is 0 Å². The number of carbonyl (C=O) groups excluding carboxylic acids is 3. The lowest BCUT2D eigenvalue weighted by Crippen LogP contribution is -2.48. The van der Waals surface area contributed by atoms with Crippen LogP contribution in [0.3, 0.4) is 0 Å². The predicted molar refractivity (Wildman–Crippen MR) is 110 cm³/mol. The zero-order valence-corrected chi connectivity index (χ0v) is 18.4. The molecule has 9 heteroatoms. The van der Waals surface area contributed by atoms with Gasteiger partial charge >= 0.3 is 12.1 Å². The molecule has 1 saturated carbocycles. The molecule has 2 fully saturated rings. The maximum Gasteiger partial charge on any atom is 0.410 e. The number of hydrogen-bond donors (Lipinski definition) is 3. The van der Waals surface area contributed by atoms with Crippen molar-refractivity contribution in [3.8, 4) is 0 Å². The molecule has 0 bridgehead atoms. The number of nitrogens with one attached hydrogen (secondary N) is 2. The summed E-state index contributed by atoms with van der Waals surface area (Å²) in [6.07, 6.45) is 3.87. The van der Waals surface area contributed by atoms with E-state index < -0.39 is 29.7 Å². The van der Waals surface area contributed by atoms with E-state index in [0.29, 0.717) is 32.4 Å². The third-order valence-electron chi connectivity index (χ3n) is 5.70. The molecule has 0 radical (unpaired) electrons. The summed E-state index contributed by atoms with van der Waals surface area (Å²) in [5, 5.41) is 14.4. The van der Waals surface area contributed by atoms with Crippen molar-refractivity contribution in [2.45, 2.75) is 83.9 Å². The molecular weight excluding hydrogens is 390 g/mol. The number of amides is 3. The molecule has 3 amide bonds. The van der Waals surface area contributed by atoms with Gasteiger partial charge < -0.3 is 20.5 Å². The molecule has 1 aliphatic heterocycles. The molecule has 30 heavy (non-hydrogen) atoms. The van der Waals surface area contributed by atoms with Gasteiger partial charge in [-0.25, -0.2) is 4.79 Å². The second-order valence-electron chi connectivity index (χ2n) is 9.36. The Morgan fingerprint density at radius 1 is 1.07 bits per heavy atom. The molecular formula is C21H35N3O6. The fourth-order valence-corrected chi connectivity index (χ4v) is 3.96. The van der Waals surface area contributed by atoms with Gasteiger partial charge in [0.15, 0.2) is 0 Å². The maximum atomic E-state index is 12.6. The second-order valence-corrected chi connectivity index (χ2v) is 9.36. The Kier molecular flexibility index (Phi) is 8.09. The first-order valence-electron chi connectivity index (χ1n) is 10.8. The lowest BCUT2D eigenvalue weighted by Gasteiger charge is -2.30. The van der Waals surface area contributed by atoms with E-state index in [4.69, 9.17) is 9.84 Å². The van der Waals surface area contributed by atoms with Crippen LogP contribution in [-0.2, 0) is 19.1 Å². The van der Waals surface area contributed by atoms with E-state index in [0.717, 1.165) is 19.3 Å². The van der Waals surface area contributed by atoms with E-state index in [-0.39, 0.29) is 23.7 Å². The number of carboxylic acids is 1. The Hall–Kier alpha value is -2.32. The number of aliphatic carboxylic acids is 1. The average Bonchev–Trinajstić information content (AvgIpc) is 3.15. The SMILES string of the molecule is C[C@H](NC(=O)C1CCC(CNC(=O)[C@@H]2CCCN2C(=O)OC(C)(C)C)CC1)C(=O)O. The summed E-state index contributed by atoms with van der Waals surface area (Å²) in [5.74, 6) is -1.34. The second kappa shape index (κ2) is 10.1. The van der Waals surface area contributed by atoms with Crippen LogP contribution in [0.4, 0.5) is 4.79 Å². The fourth-order valence-electron chi connectivity index (χ4n) is 3.96. The number of carboxylic acid groups (broad SMARTS) is 1. The molecule has 1 heterocycles. The highest BCUT2D eigenvalue weighted by Gasteiger charge is 2.37. The molecule has 2 atom stereocenters. The number of rotatable bonds is 6. The molecule has 2 rings (SSSR count). The Balaban J connectivity index is 1.76. The lowest BCUT2D eigenvalue weighted by molar-refractivity contribution is -0.142. The van der Waals surface area contributed by atoms with Crippen LogP contribution in [0.25, 0.3) is 0 Å². The molecule has 0 aromatic carbocycles.